The zero-order valence-corrected chi connectivity index (χ0v) is 24.2. The molecule has 1 aromatic heterocycles. The first kappa shape index (κ1) is 24.9. The molecule has 9 rings (SSSR count). The lowest BCUT2D eigenvalue weighted by Crippen LogP contribution is -2.28. The van der Waals surface area contributed by atoms with Crippen molar-refractivity contribution in [3.63, 3.8) is 0 Å². The number of rotatable bonds is 4. The molecule has 2 heteroatoms. The van der Waals surface area contributed by atoms with E-state index in [2.05, 4.69) is 179 Å². The number of para-hydroxylation sites is 5. The van der Waals surface area contributed by atoms with E-state index in [-0.39, 0.29) is 6.04 Å². The summed E-state index contributed by atoms with van der Waals surface area (Å²) in [4.78, 5) is 2.53. The molecule has 7 aromatic rings. The summed E-state index contributed by atoms with van der Waals surface area (Å²) in [6, 6.07) is 53.3. The van der Waals surface area contributed by atoms with E-state index in [1.165, 1.54) is 66.7 Å². The van der Waals surface area contributed by atoms with Crippen LogP contribution in [0.4, 0.5) is 11.4 Å². The van der Waals surface area contributed by atoms with Gasteiger partial charge in [0.05, 0.1) is 22.8 Å². The van der Waals surface area contributed by atoms with Crippen LogP contribution in [0.25, 0.3) is 49.7 Å². The fourth-order valence-electron chi connectivity index (χ4n) is 7.42. The van der Waals surface area contributed by atoms with E-state index in [4.69, 9.17) is 0 Å². The molecule has 1 aliphatic heterocycles. The number of benzene rings is 6. The third kappa shape index (κ3) is 3.74. The summed E-state index contributed by atoms with van der Waals surface area (Å²) in [7, 11) is 0. The van der Waals surface area contributed by atoms with E-state index < -0.39 is 0 Å². The standard InChI is InChI=1S/C42H30N2/c1-7-19-37(43-39-21-9-3-15-33(39)34-16-4-10-22-40(34)43)31(13-1)29-25-27-30(28-26-29)32-14-2-8-20-38(32)44-41-23-11-5-17-35(41)36-18-6-12-24-42(36)44/h1-28,33,39H. The first-order valence-corrected chi connectivity index (χ1v) is 15.4. The molecule has 0 saturated heterocycles. The number of fused-ring (bicyclic) bond motifs is 6. The first-order valence-electron chi connectivity index (χ1n) is 15.4. The minimum Gasteiger partial charge on any atom is -0.333 e. The van der Waals surface area contributed by atoms with Crippen molar-refractivity contribution in [1.82, 2.24) is 4.57 Å². The highest BCUT2D eigenvalue weighted by molar-refractivity contribution is 6.09. The Kier molecular flexibility index (Phi) is 5.67. The summed E-state index contributed by atoms with van der Waals surface area (Å²) < 4.78 is 2.41. The van der Waals surface area contributed by atoms with Crippen molar-refractivity contribution >= 4 is 33.2 Å². The van der Waals surface area contributed by atoms with Crippen molar-refractivity contribution in [2.75, 3.05) is 4.90 Å². The van der Waals surface area contributed by atoms with Crippen LogP contribution in [0.15, 0.2) is 170 Å². The molecule has 44 heavy (non-hydrogen) atoms. The molecule has 2 aliphatic rings. The largest absolute Gasteiger partial charge is 0.333 e. The molecule has 2 nitrogen and oxygen atoms in total. The minimum absolute atomic E-state index is 0.274. The highest BCUT2D eigenvalue weighted by Gasteiger charge is 2.37. The average molecular weight is 563 g/mol. The molecule has 6 aromatic carbocycles. The smallest absolute Gasteiger partial charge is 0.0629 e. The lowest BCUT2D eigenvalue weighted by Gasteiger charge is -2.30. The normalized spacial score (nSPS) is 16.9. The maximum Gasteiger partial charge on any atom is 0.0629 e. The summed E-state index contributed by atoms with van der Waals surface area (Å²) in [5.41, 5.74) is 12.5. The number of nitrogens with zero attached hydrogens (tertiary/aromatic N) is 2. The lowest BCUT2D eigenvalue weighted by atomic mass is 9.91. The monoisotopic (exact) mass is 562 g/mol. The predicted molar refractivity (Wildman–Crippen MR) is 185 cm³/mol. The van der Waals surface area contributed by atoms with Gasteiger partial charge in [-0.15, -0.1) is 0 Å². The van der Waals surface area contributed by atoms with E-state index in [0.29, 0.717) is 5.92 Å². The third-order valence-electron chi connectivity index (χ3n) is 9.35. The number of aromatic nitrogens is 1. The zero-order valence-electron chi connectivity index (χ0n) is 24.2. The van der Waals surface area contributed by atoms with Gasteiger partial charge in [0.15, 0.2) is 0 Å². The summed E-state index contributed by atoms with van der Waals surface area (Å²) in [6.45, 7) is 0. The van der Waals surface area contributed by atoms with Gasteiger partial charge in [-0.3, -0.25) is 0 Å². The maximum atomic E-state index is 2.53. The Hall–Kier alpha value is -5.60. The summed E-state index contributed by atoms with van der Waals surface area (Å²) in [5.74, 6) is 0.365. The van der Waals surface area contributed by atoms with Gasteiger partial charge >= 0.3 is 0 Å². The van der Waals surface area contributed by atoms with Crippen molar-refractivity contribution in [3.05, 3.63) is 175 Å². The molecule has 0 radical (unpaired) electrons. The van der Waals surface area contributed by atoms with Crippen LogP contribution in [0.5, 0.6) is 0 Å². The van der Waals surface area contributed by atoms with Crippen molar-refractivity contribution in [2.24, 2.45) is 0 Å². The summed E-state index contributed by atoms with van der Waals surface area (Å²) in [5, 5.41) is 2.55. The molecule has 1 aliphatic carbocycles. The molecule has 0 spiro atoms. The lowest BCUT2D eigenvalue weighted by molar-refractivity contribution is 0.745. The second kappa shape index (κ2) is 10.00. The number of allylic oxidation sites excluding steroid dienone is 2. The van der Waals surface area contributed by atoms with Crippen LogP contribution in [0.3, 0.4) is 0 Å². The average Bonchev–Trinajstić information content (AvgIpc) is 3.61. The molecule has 0 fully saturated rings. The van der Waals surface area contributed by atoms with Gasteiger partial charge in [-0.05, 0) is 47.0 Å². The Bertz CT molecular complexity index is 2200. The van der Waals surface area contributed by atoms with Gasteiger partial charge in [-0.2, -0.15) is 0 Å². The third-order valence-corrected chi connectivity index (χ3v) is 9.35. The molecule has 2 atom stereocenters. The predicted octanol–water partition coefficient (Wildman–Crippen LogP) is 10.8. The fraction of sp³-hybridized carbons (Fsp3) is 0.0476. The highest BCUT2D eigenvalue weighted by atomic mass is 15.2. The Balaban J connectivity index is 1.15. The van der Waals surface area contributed by atoms with E-state index in [1.54, 1.807) is 0 Å². The van der Waals surface area contributed by atoms with Crippen LogP contribution >= 0.6 is 0 Å². The summed E-state index contributed by atoms with van der Waals surface area (Å²) in [6.07, 6.45) is 9.06. The Morgan fingerprint density at radius 2 is 0.909 bits per heavy atom. The second-order valence-corrected chi connectivity index (χ2v) is 11.7. The fourth-order valence-corrected chi connectivity index (χ4v) is 7.42. The van der Waals surface area contributed by atoms with E-state index >= 15 is 0 Å². The van der Waals surface area contributed by atoms with E-state index in [9.17, 15) is 0 Å². The van der Waals surface area contributed by atoms with E-state index in [0.717, 1.165) is 0 Å². The molecule has 2 unspecified atom stereocenters. The van der Waals surface area contributed by atoms with Crippen LogP contribution < -0.4 is 4.90 Å². The van der Waals surface area contributed by atoms with Crippen LogP contribution in [-0.4, -0.2) is 10.6 Å². The molecule has 2 heterocycles. The van der Waals surface area contributed by atoms with Gasteiger partial charge in [-0.1, -0.05) is 140 Å². The Morgan fingerprint density at radius 1 is 0.409 bits per heavy atom. The maximum absolute atomic E-state index is 2.53. The van der Waals surface area contributed by atoms with Gasteiger partial charge < -0.3 is 9.47 Å². The minimum atomic E-state index is 0.274. The van der Waals surface area contributed by atoms with Crippen LogP contribution in [-0.2, 0) is 0 Å². The van der Waals surface area contributed by atoms with Gasteiger partial charge in [0.1, 0.15) is 0 Å². The van der Waals surface area contributed by atoms with Gasteiger partial charge in [-0.25, -0.2) is 0 Å². The number of anilines is 2. The topological polar surface area (TPSA) is 8.17 Å². The molecule has 0 amide bonds. The Labute approximate surface area is 257 Å². The highest BCUT2D eigenvalue weighted by Crippen LogP contribution is 2.49. The molecular weight excluding hydrogens is 532 g/mol. The molecule has 0 saturated carbocycles. The molecule has 0 bridgehead atoms. The van der Waals surface area contributed by atoms with Gasteiger partial charge in [0.2, 0.25) is 0 Å². The molecule has 0 N–H and O–H groups in total. The van der Waals surface area contributed by atoms with Crippen molar-refractivity contribution in [2.45, 2.75) is 12.0 Å². The zero-order chi connectivity index (χ0) is 29.0. The molecular formula is C42H30N2. The van der Waals surface area contributed by atoms with E-state index in [1.807, 2.05) is 0 Å². The van der Waals surface area contributed by atoms with Crippen LogP contribution in [0, 0.1) is 0 Å². The van der Waals surface area contributed by atoms with Gasteiger partial charge in [0, 0.05) is 39.2 Å². The van der Waals surface area contributed by atoms with Crippen molar-refractivity contribution in [1.29, 1.82) is 0 Å². The molecule has 208 valence electrons. The van der Waals surface area contributed by atoms with Crippen molar-refractivity contribution < 1.29 is 0 Å². The van der Waals surface area contributed by atoms with Gasteiger partial charge in [0.25, 0.3) is 0 Å². The number of hydrogen-bond donors (Lipinski definition) is 0. The van der Waals surface area contributed by atoms with Crippen LogP contribution in [0.1, 0.15) is 11.5 Å². The first-order chi connectivity index (χ1) is 21.9. The van der Waals surface area contributed by atoms with Crippen LogP contribution in [0.2, 0.25) is 0 Å². The Morgan fingerprint density at radius 3 is 1.59 bits per heavy atom. The second-order valence-electron chi connectivity index (χ2n) is 11.7. The quantitative estimate of drug-likeness (QED) is 0.207. The van der Waals surface area contributed by atoms with Crippen molar-refractivity contribution in [3.8, 4) is 27.9 Å². The SMILES string of the molecule is C1=CC2c3ccccc3N(c3ccccc3-c3ccc(-c4ccccc4-n4c5ccccc5c5ccccc54)cc3)C2C=C1. The summed E-state index contributed by atoms with van der Waals surface area (Å²) >= 11 is 0. The number of hydrogen-bond acceptors (Lipinski definition) is 1.